The number of nitrogens with one attached hydrogen (secondary N) is 1. The fraction of sp³-hybridized carbons (Fsp3) is 0.467. The van der Waals surface area contributed by atoms with Crippen molar-refractivity contribution in [3.05, 3.63) is 23.2 Å². The maximum absolute atomic E-state index is 12.1. The van der Waals surface area contributed by atoms with Crippen LogP contribution in [0.4, 0.5) is 5.69 Å². The van der Waals surface area contributed by atoms with E-state index in [4.69, 9.17) is 21.4 Å². The van der Waals surface area contributed by atoms with Crippen LogP contribution in [-0.4, -0.2) is 48.6 Å². The largest absolute Gasteiger partial charge is 0.495 e. The van der Waals surface area contributed by atoms with E-state index >= 15 is 0 Å². The summed E-state index contributed by atoms with van der Waals surface area (Å²) in [5, 5.41) is 12.3. The van der Waals surface area contributed by atoms with Gasteiger partial charge in [0.1, 0.15) is 5.75 Å². The lowest BCUT2D eigenvalue weighted by atomic mass is 9.98. The molecule has 0 aliphatic carbocycles. The number of benzene rings is 1. The number of carboxylic acids is 1. The van der Waals surface area contributed by atoms with Gasteiger partial charge in [0.2, 0.25) is 5.91 Å². The van der Waals surface area contributed by atoms with E-state index in [-0.39, 0.29) is 12.5 Å². The number of likely N-dealkylation sites (tertiary alicyclic amines) is 1. The highest BCUT2D eigenvalue weighted by atomic mass is 35.5. The summed E-state index contributed by atoms with van der Waals surface area (Å²) in [5.74, 6) is -0.893. The summed E-state index contributed by atoms with van der Waals surface area (Å²) < 4.78 is 5.18. The Morgan fingerprint density at radius 1 is 1.50 bits per heavy atom. The number of rotatable bonds is 5. The first-order valence-electron chi connectivity index (χ1n) is 7.08. The Bertz CT molecular complexity index is 564. The van der Waals surface area contributed by atoms with Crippen molar-refractivity contribution >= 4 is 29.2 Å². The molecule has 1 aromatic carbocycles. The molecule has 2 N–H and O–H groups in total. The molecule has 0 aromatic heterocycles. The van der Waals surface area contributed by atoms with Crippen LogP contribution in [0, 0.1) is 5.92 Å². The van der Waals surface area contributed by atoms with Crippen LogP contribution in [-0.2, 0) is 9.59 Å². The van der Waals surface area contributed by atoms with Crippen LogP contribution in [0.5, 0.6) is 5.75 Å². The molecule has 0 radical (unpaired) electrons. The van der Waals surface area contributed by atoms with Gasteiger partial charge in [-0.05, 0) is 37.6 Å². The molecule has 0 bridgehead atoms. The fourth-order valence-corrected chi connectivity index (χ4v) is 2.74. The minimum Gasteiger partial charge on any atom is -0.495 e. The number of hydrogen-bond acceptors (Lipinski definition) is 4. The van der Waals surface area contributed by atoms with E-state index in [2.05, 4.69) is 5.32 Å². The number of amides is 1. The van der Waals surface area contributed by atoms with Crippen LogP contribution in [0.15, 0.2) is 18.2 Å². The van der Waals surface area contributed by atoms with Crippen LogP contribution in [0.3, 0.4) is 0 Å². The quantitative estimate of drug-likeness (QED) is 0.866. The van der Waals surface area contributed by atoms with Crippen molar-refractivity contribution in [2.45, 2.75) is 12.8 Å². The summed E-state index contributed by atoms with van der Waals surface area (Å²) >= 11 is 5.92. The summed E-state index contributed by atoms with van der Waals surface area (Å²) in [6, 6.07) is 4.98. The first kappa shape index (κ1) is 16.6. The molecule has 0 saturated carbocycles. The first-order chi connectivity index (χ1) is 10.5. The third kappa shape index (κ3) is 4.35. The van der Waals surface area contributed by atoms with Crippen molar-refractivity contribution in [3.63, 3.8) is 0 Å². The predicted octanol–water partition coefficient (Wildman–Crippen LogP) is 2.08. The second-order valence-electron chi connectivity index (χ2n) is 5.31. The Labute approximate surface area is 134 Å². The molecule has 1 fully saturated rings. The number of halogens is 1. The predicted molar refractivity (Wildman–Crippen MR) is 83.4 cm³/mol. The number of aliphatic carboxylic acids is 1. The Hall–Kier alpha value is -1.79. The molecule has 1 amide bonds. The number of nitrogens with zero attached hydrogens (tertiary/aromatic N) is 1. The number of methoxy groups -OCH3 is 1. The van der Waals surface area contributed by atoms with Crippen LogP contribution in [0.25, 0.3) is 0 Å². The summed E-state index contributed by atoms with van der Waals surface area (Å²) in [4.78, 5) is 25.0. The van der Waals surface area contributed by atoms with Gasteiger partial charge < -0.3 is 15.2 Å². The third-order valence-corrected chi connectivity index (χ3v) is 3.89. The molecule has 1 heterocycles. The average molecular weight is 327 g/mol. The molecule has 1 saturated heterocycles. The zero-order valence-electron chi connectivity index (χ0n) is 12.3. The van der Waals surface area contributed by atoms with Crippen LogP contribution >= 0.6 is 11.6 Å². The minimum absolute atomic E-state index is 0.152. The van der Waals surface area contributed by atoms with Gasteiger partial charge >= 0.3 is 5.97 Å². The average Bonchev–Trinajstić information content (AvgIpc) is 2.47. The standard InChI is InChI=1S/C15H19ClN2O4/c1-22-13-5-4-11(16)7-12(13)17-14(19)9-18-6-2-3-10(8-18)15(20)21/h4-5,7,10H,2-3,6,8-9H2,1H3,(H,17,19)(H,20,21). The number of ether oxygens (including phenoxy) is 1. The Morgan fingerprint density at radius 3 is 2.95 bits per heavy atom. The monoisotopic (exact) mass is 326 g/mol. The van der Waals surface area contributed by atoms with E-state index in [0.717, 1.165) is 13.0 Å². The summed E-state index contributed by atoms with van der Waals surface area (Å²) in [5.41, 5.74) is 0.506. The van der Waals surface area contributed by atoms with Crippen LogP contribution < -0.4 is 10.1 Å². The van der Waals surface area contributed by atoms with Gasteiger partial charge in [0.05, 0.1) is 25.3 Å². The van der Waals surface area contributed by atoms with Gasteiger partial charge in [0.25, 0.3) is 0 Å². The lowest BCUT2D eigenvalue weighted by molar-refractivity contribution is -0.144. The molecule has 6 nitrogen and oxygen atoms in total. The van der Waals surface area contributed by atoms with Crippen molar-refractivity contribution in [2.24, 2.45) is 5.92 Å². The Morgan fingerprint density at radius 2 is 2.27 bits per heavy atom. The number of piperidine rings is 1. The van der Waals surface area contributed by atoms with Crippen molar-refractivity contribution in [1.29, 1.82) is 0 Å². The van der Waals surface area contributed by atoms with E-state index in [1.165, 1.54) is 7.11 Å². The molecular weight excluding hydrogens is 308 g/mol. The molecule has 7 heteroatoms. The SMILES string of the molecule is COc1ccc(Cl)cc1NC(=O)CN1CCCC(C(=O)O)C1. The lowest BCUT2D eigenvalue weighted by Crippen LogP contribution is -2.42. The topological polar surface area (TPSA) is 78.9 Å². The van der Waals surface area contributed by atoms with Crippen LogP contribution in [0.2, 0.25) is 5.02 Å². The number of carboxylic acid groups (broad SMARTS) is 1. The second kappa shape index (κ2) is 7.47. The summed E-state index contributed by atoms with van der Waals surface area (Å²) in [6.07, 6.45) is 1.44. The van der Waals surface area contributed by atoms with Crippen molar-refractivity contribution < 1.29 is 19.4 Å². The molecule has 1 unspecified atom stereocenters. The smallest absolute Gasteiger partial charge is 0.307 e. The van der Waals surface area contributed by atoms with E-state index in [0.29, 0.717) is 29.4 Å². The van der Waals surface area contributed by atoms with Gasteiger partial charge in [-0.25, -0.2) is 0 Å². The summed E-state index contributed by atoms with van der Waals surface area (Å²) in [6.45, 7) is 1.28. The first-order valence-corrected chi connectivity index (χ1v) is 7.46. The number of carbonyl (C=O) groups is 2. The van der Waals surface area contributed by atoms with Gasteiger partial charge in [-0.15, -0.1) is 0 Å². The zero-order valence-corrected chi connectivity index (χ0v) is 13.1. The molecule has 1 atom stereocenters. The van der Waals surface area contributed by atoms with Crippen molar-refractivity contribution in [1.82, 2.24) is 4.90 Å². The third-order valence-electron chi connectivity index (χ3n) is 3.66. The van der Waals surface area contributed by atoms with E-state index in [1.54, 1.807) is 18.2 Å². The van der Waals surface area contributed by atoms with Gasteiger partial charge in [-0.2, -0.15) is 0 Å². The van der Waals surface area contributed by atoms with E-state index < -0.39 is 11.9 Å². The van der Waals surface area contributed by atoms with Gasteiger partial charge in [-0.3, -0.25) is 14.5 Å². The molecule has 120 valence electrons. The maximum Gasteiger partial charge on any atom is 0.307 e. The van der Waals surface area contributed by atoms with Gasteiger partial charge in [0.15, 0.2) is 0 Å². The Kier molecular flexibility index (Phi) is 5.63. The number of carbonyl (C=O) groups excluding carboxylic acids is 1. The highest BCUT2D eigenvalue weighted by Gasteiger charge is 2.26. The molecule has 2 rings (SSSR count). The Balaban J connectivity index is 1.95. The zero-order chi connectivity index (χ0) is 16.1. The van der Waals surface area contributed by atoms with Crippen molar-refractivity contribution in [3.8, 4) is 5.75 Å². The molecule has 0 spiro atoms. The number of anilines is 1. The molecular formula is C15H19ClN2O4. The van der Waals surface area contributed by atoms with E-state index in [9.17, 15) is 9.59 Å². The van der Waals surface area contributed by atoms with Crippen molar-refractivity contribution in [2.75, 3.05) is 32.1 Å². The van der Waals surface area contributed by atoms with Gasteiger partial charge in [-0.1, -0.05) is 11.6 Å². The second-order valence-corrected chi connectivity index (χ2v) is 5.74. The van der Waals surface area contributed by atoms with Gasteiger partial charge in [0, 0.05) is 11.6 Å². The maximum atomic E-state index is 12.1. The molecule has 1 aliphatic rings. The highest BCUT2D eigenvalue weighted by molar-refractivity contribution is 6.31. The fourth-order valence-electron chi connectivity index (χ4n) is 2.57. The minimum atomic E-state index is -0.804. The highest BCUT2D eigenvalue weighted by Crippen LogP contribution is 2.27. The lowest BCUT2D eigenvalue weighted by Gasteiger charge is -2.29. The van der Waals surface area contributed by atoms with E-state index in [1.807, 2.05) is 4.90 Å². The molecule has 1 aliphatic heterocycles. The molecule has 22 heavy (non-hydrogen) atoms. The molecule has 1 aromatic rings. The van der Waals surface area contributed by atoms with Crippen LogP contribution in [0.1, 0.15) is 12.8 Å². The summed E-state index contributed by atoms with van der Waals surface area (Å²) in [7, 11) is 1.51. The number of hydrogen-bond donors (Lipinski definition) is 2. The normalized spacial score (nSPS) is 18.7.